The second-order valence-electron chi connectivity index (χ2n) is 10.3. The van der Waals surface area contributed by atoms with Crippen molar-refractivity contribution in [3.05, 3.63) is 119 Å². The van der Waals surface area contributed by atoms with Gasteiger partial charge in [-0.05, 0) is 72.9 Å². The number of carbonyl (C=O) groups excluding carboxylic acids is 1. The Morgan fingerprint density at radius 1 is 0.878 bits per heavy atom. The zero-order valence-electron chi connectivity index (χ0n) is 24.4. The summed E-state index contributed by atoms with van der Waals surface area (Å²) >= 11 is 0. The van der Waals surface area contributed by atoms with Gasteiger partial charge in [-0.15, -0.1) is 0 Å². The van der Waals surface area contributed by atoms with Crippen LogP contribution in [0.25, 0.3) is 33.5 Å². The van der Waals surface area contributed by atoms with Crippen molar-refractivity contribution in [3.63, 3.8) is 0 Å². The first kappa shape index (κ1) is 27.8. The predicted octanol–water partition coefficient (Wildman–Crippen LogP) is 7.63. The van der Waals surface area contributed by atoms with Gasteiger partial charge in [-0.3, -0.25) is 0 Å². The minimum atomic E-state index is -0.338. The molecule has 2 aromatic heterocycles. The number of nitrogens with zero attached hydrogens (tertiary/aromatic N) is 4. The molecule has 0 saturated heterocycles. The van der Waals surface area contributed by atoms with Crippen LogP contribution in [-0.2, 0) is 24.8 Å². The maximum Gasteiger partial charge on any atom is 0.338 e. The lowest BCUT2D eigenvalue weighted by Gasteiger charge is -2.12. The molecule has 3 aromatic carbocycles. The van der Waals surface area contributed by atoms with Gasteiger partial charge in [0.2, 0.25) is 0 Å². The number of esters is 1. The monoisotopic (exact) mass is 544 g/mol. The van der Waals surface area contributed by atoms with Crippen molar-refractivity contribution in [3.8, 4) is 22.5 Å². The summed E-state index contributed by atoms with van der Waals surface area (Å²) in [4.78, 5) is 22.4. The van der Waals surface area contributed by atoms with Crippen molar-refractivity contribution in [2.24, 2.45) is 7.05 Å². The molecule has 0 N–H and O–H groups in total. The van der Waals surface area contributed by atoms with E-state index >= 15 is 0 Å². The Kier molecular flexibility index (Phi) is 8.29. The number of fused-ring (bicyclic) bond motifs is 1. The third-order valence-electron chi connectivity index (χ3n) is 7.47. The first-order valence-corrected chi connectivity index (χ1v) is 14.0. The fourth-order valence-corrected chi connectivity index (χ4v) is 5.11. The topological polar surface area (TPSA) is 61.9 Å². The number of aryl methyl sites for hydroxylation is 4. The summed E-state index contributed by atoms with van der Waals surface area (Å²) in [6.07, 6.45) is 3.98. The number of carbonyl (C=O) groups is 1. The van der Waals surface area contributed by atoms with Gasteiger partial charge in [-0.25, -0.2) is 14.8 Å². The molecular weight excluding hydrogens is 508 g/mol. The van der Waals surface area contributed by atoms with Gasteiger partial charge in [0, 0.05) is 37.5 Å². The van der Waals surface area contributed by atoms with Gasteiger partial charge in [0.1, 0.15) is 11.6 Å². The third-order valence-corrected chi connectivity index (χ3v) is 7.47. The average Bonchev–Trinajstić information content (AvgIpc) is 3.35. The quantitative estimate of drug-likeness (QED) is 0.198. The third kappa shape index (κ3) is 5.92. The molecule has 0 aliphatic heterocycles. The van der Waals surface area contributed by atoms with E-state index in [0.29, 0.717) is 12.1 Å². The summed E-state index contributed by atoms with van der Waals surface area (Å²) in [5.41, 5.74) is 8.75. The first-order chi connectivity index (χ1) is 19.9. The fraction of sp³-hybridized carbons (Fsp3) is 0.229. The standard InChI is InChI=1S/C35H36N4O2/c1-6-11-33-36-25(3)24(2)22-28(34-37-31-14-9-10-15-32(31)38(34)4)20-21-39(33)23-26-16-18-27(19-17-26)29-12-7-8-13-30(29)35(40)41-5/h7-10,12-22H,6,11,23H2,1-5H3. The highest BCUT2D eigenvalue weighted by atomic mass is 16.5. The van der Waals surface area contributed by atoms with Gasteiger partial charge in [-0.2, -0.15) is 0 Å². The summed E-state index contributed by atoms with van der Waals surface area (Å²) < 4.78 is 9.37. The second kappa shape index (κ2) is 12.2. The van der Waals surface area contributed by atoms with Crippen molar-refractivity contribution >= 4 is 17.0 Å². The zero-order valence-corrected chi connectivity index (χ0v) is 24.4. The molecule has 0 fully saturated rings. The Bertz CT molecular complexity index is 1760. The lowest BCUT2D eigenvalue weighted by molar-refractivity contribution is 0.0601. The minimum Gasteiger partial charge on any atom is -0.465 e. The van der Waals surface area contributed by atoms with Gasteiger partial charge in [0.15, 0.2) is 0 Å². The molecule has 6 heteroatoms. The number of rotatable bonds is 7. The maximum absolute atomic E-state index is 12.3. The predicted molar refractivity (Wildman–Crippen MR) is 165 cm³/mol. The summed E-state index contributed by atoms with van der Waals surface area (Å²) in [5.74, 6) is 1.61. The van der Waals surface area contributed by atoms with E-state index in [1.165, 1.54) is 7.11 Å². The van der Waals surface area contributed by atoms with Crippen LogP contribution in [0.4, 0.5) is 0 Å². The Morgan fingerprint density at radius 3 is 2.34 bits per heavy atom. The number of hydrogen-bond donors (Lipinski definition) is 0. The Labute approximate surface area is 241 Å². The van der Waals surface area contributed by atoms with E-state index in [1.54, 1.807) is 6.07 Å². The van der Waals surface area contributed by atoms with Crippen LogP contribution in [0.15, 0.2) is 91.1 Å². The molecule has 6 nitrogen and oxygen atoms in total. The molecule has 41 heavy (non-hydrogen) atoms. The molecule has 0 radical (unpaired) electrons. The summed E-state index contributed by atoms with van der Waals surface area (Å²) in [6, 6.07) is 28.4. The van der Waals surface area contributed by atoms with E-state index in [0.717, 1.165) is 69.0 Å². The molecule has 5 aromatic rings. The van der Waals surface area contributed by atoms with Gasteiger partial charge in [0.05, 0.1) is 23.7 Å². The van der Waals surface area contributed by atoms with Crippen molar-refractivity contribution in [2.45, 2.75) is 40.2 Å². The van der Waals surface area contributed by atoms with E-state index in [2.05, 4.69) is 85.6 Å². The van der Waals surface area contributed by atoms with Crippen LogP contribution in [0.2, 0.25) is 0 Å². The van der Waals surface area contributed by atoms with E-state index in [-0.39, 0.29) is 5.97 Å². The van der Waals surface area contributed by atoms with E-state index in [9.17, 15) is 4.79 Å². The molecule has 0 amide bonds. The Hall–Kier alpha value is -4.71. The van der Waals surface area contributed by atoms with Crippen molar-refractivity contribution in [2.75, 3.05) is 7.11 Å². The van der Waals surface area contributed by atoms with Gasteiger partial charge < -0.3 is 13.9 Å². The van der Waals surface area contributed by atoms with Crippen molar-refractivity contribution in [1.29, 1.82) is 0 Å². The maximum atomic E-state index is 12.3. The molecule has 5 rings (SSSR count). The number of para-hydroxylation sites is 2. The molecule has 0 bridgehead atoms. The molecule has 0 atom stereocenters. The largest absolute Gasteiger partial charge is 0.465 e. The molecule has 0 spiro atoms. The van der Waals surface area contributed by atoms with Crippen LogP contribution < -0.4 is 0 Å². The summed E-state index contributed by atoms with van der Waals surface area (Å²) in [6.45, 7) is 7.03. The fourth-order valence-electron chi connectivity index (χ4n) is 5.11. The molecule has 208 valence electrons. The number of hydrogen-bond acceptors (Lipinski definition) is 4. The minimum absolute atomic E-state index is 0.338. The Balaban J connectivity index is 1.58. The van der Waals surface area contributed by atoms with Gasteiger partial charge in [-0.1, -0.05) is 61.5 Å². The van der Waals surface area contributed by atoms with Crippen LogP contribution in [0.3, 0.4) is 0 Å². The number of ether oxygens (including phenoxy) is 1. The molecular formula is C35H36N4O2. The van der Waals surface area contributed by atoms with Crippen molar-refractivity contribution in [1.82, 2.24) is 19.1 Å². The average molecular weight is 545 g/mol. The second-order valence-corrected chi connectivity index (χ2v) is 10.3. The Morgan fingerprint density at radius 2 is 1.61 bits per heavy atom. The molecule has 2 heterocycles. The number of aromatic nitrogens is 4. The number of benzene rings is 3. The van der Waals surface area contributed by atoms with Crippen LogP contribution in [0.1, 0.15) is 46.3 Å². The summed E-state index contributed by atoms with van der Waals surface area (Å²) in [5, 5.41) is 0. The molecule has 0 saturated carbocycles. The first-order valence-electron chi connectivity index (χ1n) is 14.0. The van der Waals surface area contributed by atoms with Crippen LogP contribution in [0.5, 0.6) is 0 Å². The van der Waals surface area contributed by atoms with Crippen LogP contribution in [0, 0.1) is 13.8 Å². The highest BCUT2D eigenvalue weighted by Crippen LogP contribution is 2.26. The molecule has 0 aliphatic rings. The van der Waals surface area contributed by atoms with Gasteiger partial charge >= 0.3 is 5.97 Å². The lowest BCUT2D eigenvalue weighted by Crippen LogP contribution is -2.08. The van der Waals surface area contributed by atoms with E-state index < -0.39 is 0 Å². The van der Waals surface area contributed by atoms with Crippen LogP contribution >= 0.6 is 0 Å². The smallest absolute Gasteiger partial charge is 0.338 e. The van der Waals surface area contributed by atoms with Crippen LogP contribution in [-0.4, -0.2) is 32.2 Å². The SMILES string of the molecule is CCCc1nc(C)c(C)cc(-c2nc3ccccc3n2C)ccn1Cc1ccc(-c2ccccc2C(=O)OC)cc1. The normalized spacial score (nSPS) is 11.0. The van der Waals surface area contributed by atoms with E-state index in [1.807, 2.05) is 36.4 Å². The van der Waals surface area contributed by atoms with Crippen molar-refractivity contribution < 1.29 is 9.53 Å². The number of methoxy groups -OCH3 is 1. The lowest BCUT2D eigenvalue weighted by atomic mass is 9.98. The highest BCUT2D eigenvalue weighted by molar-refractivity contribution is 5.97. The highest BCUT2D eigenvalue weighted by Gasteiger charge is 2.13. The van der Waals surface area contributed by atoms with E-state index in [4.69, 9.17) is 14.7 Å². The van der Waals surface area contributed by atoms with Gasteiger partial charge in [0.25, 0.3) is 0 Å². The zero-order chi connectivity index (χ0) is 28.9. The summed E-state index contributed by atoms with van der Waals surface area (Å²) in [7, 11) is 3.47. The molecule has 0 aliphatic carbocycles. The number of imidazole rings is 1. The molecule has 0 unspecified atom stereocenters.